The van der Waals surface area contributed by atoms with E-state index < -0.39 is 3.79 Å². The maximum Gasteiger partial charge on any atom is 0.193 e. The normalized spacial score (nSPS) is 14.2. The zero-order valence-electron chi connectivity index (χ0n) is 9.87. The molecular formula is C12H23Cl3. The van der Waals surface area contributed by atoms with Crippen molar-refractivity contribution in [3.05, 3.63) is 0 Å². The Hall–Kier alpha value is 0.870. The first-order valence-corrected chi connectivity index (χ1v) is 7.22. The molecule has 0 aliphatic carbocycles. The molecule has 1 unspecified atom stereocenters. The van der Waals surface area contributed by atoms with Gasteiger partial charge in [0.25, 0.3) is 0 Å². The van der Waals surface area contributed by atoms with Crippen molar-refractivity contribution in [3.8, 4) is 0 Å². The van der Waals surface area contributed by atoms with Gasteiger partial charge in [-0.1, -0.05) is 87.2 Å². The molecule has 0 aromatic heterocycles. The van der Waals surface area contributed by atoms with Crippen LogP contribution in [0.2, 0.25) is 0 Å². The summed E-state index contributed by atoms with van der Waals surface area (Å²) >= 11 is 17.7. The number of unbranched alkanes of at least 4 members (excludes halogenated alkanes) is 5. The summed E-state index contributed by atoms with van der Waals surface area (Å²) in [5.41, 5.74) is 0. The molecule has 0 aromatic rings. The average molecular weight is 274 g/mol. The van der Waals surface area contributed by atoms with Crippen LogP contribution in [0.1, 0.15) is 65.2 Å². The van der Waals surface area contributed by atoms with Gasteiger partial charge in [0.15, 0.2) is 3.79 Å². The highest BCUT2D eigenvalue weighted by Crippen LogP contribution is 2.39. The lowest BCUT2D eigenvalue weighted by Gasteiger charge is -2.22. The Balaban J connectivity index is 3.48. The molecule has 0 amide bonds. The van der Waals surface area contributed by atoms with Crippen molar-refractivity contribution in [2.45, 2.75) is 69.0 Å². The molecule has 15 heavy (non-hydrogen) atoms. The standard InChI is InChI=1S/C12H23Cl3/c1-3-5-6-7-8-9-10-11(4-2)12(13,14)15/h11H,3-10H2,1-2H3. The van der Waals surface area contributed by atoms with Gasteiger partial charge in [0.05, 0.1) is 0 Å². The van der Waals surface area contributed by atoms with Gasteiger partial charge in [0.2, 0.25) is 0 Å². The molecule has 3 heteroatoms. The molecule has 0 aliphatic rings. The molecule has 0 bridgehead atoms. The third-order valence-corrected chi connectivity index (χ3v) is 3.79. The molecule has 0 nitrogen and oxygen atoms in total. The van der Waals surface area contributed by atoms with Crippen LogP contribution in [0, 0.1) is 5.92 Å². The maximum absolute atomic E-state index is 5.89. The van der Waals surface area contributed by atoms with Gasteiger partial charge in [-0.2, -0.15) is 0 Å². The fourth-order valence-electron chi connectivity index (χ4n) is 1.77. The molecule has 0 saturated heterocycles. The molecule has 0 N–H and O–H groups in total. The largest absolute Gasteiger partial charge is 0.193 e. The summed E-state index contributed by atoms with van der Waals surface area (Å²) in [6, 6.07) is 0. The summed E-state index contributed by atoms with van der Waals surface area (Å²) in [5, 5.41) is 0. The van der Waals surface area contributed by atoms with Gasteiger partial charge in [0, 0.05) is 5.92 Å². The topological polar surface area (TPSA) is 0 Å². The third kappa shape index (κ3) is 8.65. The minimum Gasteiger partial charge on any atom is -0.0834 e. The minimum atomic E-state index is -1.07. The van der Waals surface area contributed by atoms with Gasteiger partial charge in [-0.15, -0.1) is 0 Å². The molecular weight excluding hydrogens is 250 g/mol. The van der Waals surface area contributed by atoms with Gasteiger partial charge in [-0.25, -0.2) is 0 Å². The van der Waals surface area contributed by atoms with Gasteiger partial charge in [-0.3, -0.25) is 0 Å². The first-order chi connectivity index (χ1) is 7.02. The molecule has 1 atom stereocenters. The molecule has 92 valence electrons. The van der Waals surface area contributed by atoms with Crippen molar-refractivity contribution >= 4 is 34.8 Å². The van der Waals surface area contributed by atoms with E-state index in [0.717, 1.165) is 12.8 Å². The maximum atomic E-state index is 5.89. The molecule has 0 heterocycles. The van der Waals surface area contributed by atoms with E-state index in [0.29, 0.717) is 0 Å². The predicted molar refractivity (Wildman–Crippen MR) is 72.1 cm³/mol. The van der Waals surface area contributed by atoms with Crippen molar-refractivity contribution in [3.63, 3.8) is 0 Å². The lowest BCUT2D eigenvalue weighted by atomic mass is 9.99. The summed E-state index contributed by atoms with van der Waals surface area (Å²) in [6.45, 7) is 4.32. The van der Waals surface area contributed by atoms with Crippen molar-refractivity contribution in [2.75, 3.05) is 0 Å². The lowest BCUT2D eigenvalue weighted by Crippen LogP contribution is -2.18. The van der Waals surface area contributed by atoms with E-state index in [9.17, 15) is 0 Å². The second-order valence-corrected chi connectivity index (χ2v) is 6.57. The SMILES string of the molecule is CCCCCCCCC(CC)C(Cl)(Cl)Cl. The third-order valence-electron chi connectivity index (χ3n) is 2.86. The summed E-state index contributed by atoms with van der Waals surface area (Å²) in [5.74, 6) is 0.216. The van der Waals surface area contributed by atoms with Gasteiger partial charge < -0.3 is 0 Å². The van der Waals surface area contributed by atoms with Crippen LogP contribution in [0.4, 0.5) is 0 Å². The van der Waals surface area contributed by atoms with Crippen molar-refractivity contribution in [1.82, 2.24) is 0 Å². The monoisotopic (exact) mass is 272 g/mol. The van der Waals surface area contributed by atoms with E-state index >= 15 is 0 Å². The second-order valence-electron chi connectivity index (χ2n) is 4.20. The van der Waals surface area contributed by atoms with Crippen LogP contribution in [0.5, 0.6) is 0 Å². The summed E-state index contributed by atoms with van der Waals surface area (Å²) in [6.07, 6.45) is 9.77. The highest BCUT2D eigenvalue weighted by molar-refractivity contribution is 6.67. The van der Waals surface area contributed by atoms with E-state index in [4.69, 9.17) is 34.8 Å². The quantitative estimate of drug-likeness (QED) is 0.368. The summed E-state index contributed by atoms with van der Waals surface area (Å²) in [4.78, 5) is 0. The number of alkyl halides is 3. The number of hydrogen-bond acceptors (Lipinski definition) is 0. The van der Waals surface area contributed by atoms with Crippen molar-refractivity contribution in [1.29, 1.82) is 0 Å². The Morgan fingerprint density at radius 3 is 1.87 bits per heavy atom. The van der Waals surface area contributed by atoms with Crippen LogP contribution in [0.25, 0.3) is 0 Å². The summed E-state index contributed by atoms with van der Waals surface area (Å²) < 4.78 is -1.07. The molecule has 0 fully saturated rings. The van der Waals surface area contributed by atoms with E-state index in [2.05, 4.69) is 13.8 Å². The van der Waals surface area contributed by atoms with Gasteiger partial charge in [0.1, 0.15) is 0 Å². The van der Waals surface area contributed by atoms with Crippen LogP contribution < -0.4 is 0 Å². The van der Waals surface area contributed by atoms with E-state index in [-0.39, 0.29) is 5.92 Å². The van der Waals surface area contributed by atoms with Crippen LogP contribution >= 0.6 is 34.8 Å². The highest BCUT2D eigenvalue weighted by Gasteiger charge is 2.30. The smallest absolute Gasteiger partial charge is 0.0834 e. The fraction of sp³-hybridized carbons (Fsp3) is 1.00. The molecule has 0 aliphatic heterocycles. The molecule has 0 saturated carbocycles. The minimum absolute atomic E-state index is 0.216. The average Bonchev–Trinajstić information content (AvgIpc) is 2.15. The van der Waals surface area contributed by atoms with Gasteiger partial charge in [-0.05, 0) is 12.8 Å². The first-order valence-electron chi connectivity index (χ1n) is 6.09. The first kappa shape index (κ1) is 15.9. The fourth-order valence-corrected chi connectivity index (χ4v) is 2.56. The number of halogens is 3. The highest BCUT2D eigenvalue weighted by atomic mass is 35.6. The molecule has 0 rings (SSSR count). The van der Waals surface area contributed by atoms with Crippen LogP contribution in [-0.2, 0) is 0 Å². The van der Waals surface area contributed by atoms with E-state index in [1.807, 2.05) is 0 Å². The molecule has 0 spiro atoms. The Morgan fingerprint density at radius 1 is 0.867 bits per heavy atom. The second kappa shape index (κ2) is 8.96. The summed E-state index contributed by atoms with van der Waals surface area (Å²) in [7, 11) is 0. The van der Waals surface area contributed by atoms with Crippen molar-refractivity contribution in [2.24, 2.45) is 5.92 Å². The molecule has 0 radical (unpaired) electrons. The van der Waals surface area contributed by atoms with Crippen molar-refractivity contribution < 1.29 is 0 Å². The zero-order valence-corrected chi connectivity index (χ0v) is 12.1. The Labute approximate surface area is 110 Å². The van der Waals surface area contributed by atoms with Crippen LogP contribution in [-0.4, -0.2) is 3.79 Å². The predicted octanol–water partition coefficient (Wildman–Crippen LogP) is 6.13. The Bertz CT molecular complexity index is 140. The zero-order chi connectivity index (χ0) is 11.7. The number of rotatable bonds is 8. The van der Waals surface area contributed by atoms with E-state index in [1.165, 1.54) is 38.5 Å². The Kier molecular flexibility index (Phi) is 9.48. The number of hydrogen-bond donors (Lipinski definition) is 0. The van der Waals surface area contributed by atoms with Gasteiger partial charge >= 0.3 is 0 Å². The Morgan fingerprint density at radius 2 is 1.40 bits per heavy atom. The molecule has 0 aromatic carbocycles. The van der Waals surface area contributed by atoms with Crippen LogP contribution in [0.15, 0.2) is 0 Å². The lowest BCUT2D eigenvalue weighted by molar-refractivity contribution is 0.444. The van der Waals surface area contributed by atoms with E-state index in [1.54, 1.807) is 0 Å². The van der Waals surface area contributed by atoms with Crippen LogP contribution in [0.3, 0.4) is 0 Å².